The number of benzene rings is 2. The van der Waals surface area contributed by atoms with Crippen LogP contribution in [0, 0.1) is 6.92 Å². The first-order valence-corrected chi connectivity index (χ1v) is 17.0. The maximum Gasteiger partial charge on any atom is 0.421 e. The van der Waals surface area contributed by atoms with E-state index < -0.39 is 32.2 Å². The molecule has 12 nitrogen and oxygen atoms in total. The molecule has 0 spiro atoms. The van der Waals surface area contributed by atoms with Crippen molar-refractivity contribution in [2.45, 2.75) is 11.8 Å². The first-order chi connectivity index (χ1) is 18.5. The van der Waals surface area contributed by atoms with Gasteiger partial charge in [0.2, 0.25) is 10.0 Å². The Balaban J connectivity index is 1.44. The van der Waals surface area contributed by atoms with Gasteiger partial charge in [0.1, 0.15) is 24.7 Å². The number of aromatic nitrogens is 1. The largest absolute Gasteiger partial charge is 0.448 e. The van der Waals surface area contributed by atoms with Crippen molar-refractivity contribution in [2.75, 3.05) is 31.0 Å². The van der Waals surface area contributed by atoms with Crippen LogP contribution in [0.3, 0.4) is 0 Å². The maximum atomic E-state index is 12.6. The summed E-state index contributed by atoms with van der Waals surface area (Å²) >= 11 is 0. The molecule has 2 N–H and O–H groups in total. The second-order valence-electron chi connectivity index (χ2n) is 7.75. The minimum absolute atomic E-state index is 0.0266. The summed E-state index contributed by atoms with van der Waals surface area (Å²) in [5, 5.41) is 4.12. The average Bonchev–Trinajstić information content (AvgIpc) is 3.26. The van der Waals surface area contributed by atoms with Gasteiger partial charge < -0.3 is 14.0 Å². The van der Waals surface area contributed by atoms with Gasteiger partial charge in [-0.2, -0.15) is 0 Å². The smallest absolute Gasteiger partial charge is 0.421 e. The van der Waals surface area contributed by atoms with E-state index in [1.54, 1.807) is 23.8 Å². The van der Waals surface area contributed by atoms with Gasteiger partial charge in [0.15, 0.2) is 0 Å². The van der Waals surface area contributed by atoms with E-state index in [0.717, 1.165) is 17.4 Å². The van der Waals surface area contributed by atoms with E-state index in [4.69, 9.17) is 9.26 Å². The molecule has 0 radical (unpaired) electrons. The summed E-state index contributed by atoms with van der Waals surface area (Å²) in [6.07, 6.45) is -1.36. The quantitative estimate of drug-likeness (QED) is 0.223. The molecule has 0 unspecified atom stereocenters. The monoisotopic (exact) mass is 615 g/mol. The van der Waals surface area contributed by atoms with Crippen LogP contribution in [0.1, 0.15) is 5.76 Å². The fourth-order valence-electron chi connectivity index (χ4n) is 3.14. The van der Waals surface area contributed by atoms with Crippen LogP contribution in [0.25, 0.3) is 22.4 Å². The Labute approximate surface area is 233 Å². The van der Waals surface area contributed by atoms with Gasteiger partial charge >= 0.3 is 12.2 Å². The van der Waals surface area contributed by atoms with E-state index in [0.29, 0.717) is 28.5 Å². The molecule has 0 bridgehead atoms. The van der Waals surface area contributed by atoms with Crippen LogP contribution in [0.4, 0.5) is 9.59 Å². The maximum absolute atomic E-state index is 12.6. The summed E-state index contributed by atoms with van der Waals surface area (Å²) in [4.78, 5) is 23.0. The fraction of sp³-hybridized carbons (Fsp3) is 0.261. The zero-order valence-corrected chi connectivity index (χ0v) is 24.0. The van der Waals surface area contributed by atoms with Crippen molar-refractivity contribution in [1.82, 2.24) is 14.6 Å². The molecular weight excluding hydrogens is 591 g/mol. The molecule has 3 aromatic rings. The predicted molar refractivity (Wildman–Crippen MR) is 148 cm³/mol. The lowest BCUT2D eigenvalue weighted by molar-refractivity contribution is 0.158. The SMILES string of the molecule is Cc1onc(-c2ccc(S(=O)(=O)NC(=O)OCCSSCCOC(=O)NS(C)(=O)=O)cc2)c1-c1ccccc1. The molecule has 3 rings (SSSR count). The summed E-state index contributed by atoms with van der Waals surface area (Å²) in [6.45, 7) is 1.70. The normalized spacial score (nSPS) is 11.5. The van der Waals surface area contributed by atoms with Crippen LogP contribution in [-0.2, 0) is 29.5 Å². The molecular formula is C23H25N3O9S4. The number of nitrogens with one attached hydrogen (secondary N) is 2. The number of carbonyl (C=O) groups excluding carboxylic acids is 2. The van der Waals surface area contributed by atoms with E-state index in [1.165, 1.54) is 33.7 Å². The number of sulfonamides is 2. The molecule has 0 aliphatic heterocycles. The second kappa shape index (κ2) is 13.7. The summed E-state index contributed by atoms with van der Waals surface area (Å²) in [5.41, 5.74) is 2.92. The summed E-state index contributed by atoms with van der Waals surface area (Å²) < 4.78 is 65.4. The van der Waals surface area contributed by atoms with E-state index in [2.05, 4.69) is 9.89 Å². The van der Waals surface area contributed by atoms with Gasteiger partial charge in [-0.1, -0.05) is 69.2 Å². The number of nitrogens with zero attached hydrogens (tertiary/aromatic N) is 1. The van der Waals surface area contributed by atoms with Gasteiger partial charge in [-0.3, -0.25) is 0 Å². The molecule has 0 saturated carbocycles. The summed E-state index contributed by atoms with van der Waals surface area (Å²) in [5.74, 6) is 1.32. The number of hydrogen-bond acceptors (Lipinski definition) is 12. The first kappa shape index (κ1) is 30.3. The number of rotatable bonds is 12. The Morgan fingerprint density at radius 3 is 1.97 bits per heavy atom. The molecule has 0 aliphatic rings. The highest BCUT2D eigenvalue weighted by molar-refractivity contribution is 8.76. The van der Waals surface area contributed by atoms with Gasteiger partial charge in [0.25, 0.3) is 10.0 Å². The van der Waals surface area contributed by atoms with E-state index in [9.17, 15) is 26.4 Å². The molecule has 0 atom stereocenters. The molecule has 0 saturated heterocycles. The van der Waals surface area contributed by atoms with Crippen molar-refractivity contribution in [3.63, 3.8) is 0 Å². The highest BCUT2D eigenvalue weighted by Gasteiger charge is 2.21. The zero-order chi connectivity index (χ0) is 28.5. The molecule has 16 heteroatoms. The van der Waals surface area contributed by atoms with Crippen LogP contribution in [0.2, 0.25) is 0 Å². The predicted octanol–water partition coefficient (Wildman–Crippen LogP) is 3.80. The lowest BCUT2D eigenvalue weighted by atomic mass is 10.00. The first-order valence-electron chi connectivity index (χ1n) is 11.2. The molecule has 2 aromatic carbocycles. The van der Waals surface area contributed by atoms with Gasteiger partial charge in [-0.05, 0) is 24.6 Å². The zero-order valence-electron chi connectivity index (χ0n) is 20.8. The van der Waals surface area contributed by atoms with Gasteiger partial charge in [-0.25, -0.2) is 35.9 Å². The molecule has 1 heterocycles. The van der Waals surface area contributed by atoms with Crippen LogP contribution in [0.5, 0.6) is 0 Å². The van der Waals surface area contributed by atoms with Crippen molar-refractivity contribution in [3.05, 3.63) is 60.4 Å². The Bertz CT molecular complexity index is 1490. The molecule has 39 heavy (non-hydrogen) atoms. The molecule has 1 aromatic heterocycles. The number of carbonyl (C=O) groups is 2. The summed E-state index contributed by atoms with van der Waals surface area (Å²) in [7, 11) is -5.26. The van der Waals surface area contributed by atoms with Crippen molar-refractivity contribution in [3.8, 4) is 22.4 Å². The van der Waals surface area contributed by atoms with Gasteiger partial charge in [-0.15, -0.1) is 0 Å². The Morgan fingerprint density at radius 2 is 1.41 bits per heavy atom. The number of aryl methyl sites for hydroxylation is 1. The van der Waals surface area contributed by atoms with E-state index >= 15 is 0 Å². The van der Waals surface area contributed by atoms with Crippen LogP contribution in [-0.4, -0.2) is 65.2 Å². The fourth-order valence-corrected chi connectivity index (χ4v) is 6.05. The van der Waals surface area contributed by atoms with Crippen LogP contribution < -0.4 is 9.44 Å². The minimum atomic E-state index is -4.17. The molecule has 0 fully saturated rings. The third kappa shape index (κ3) is 9.49. The Kier molecular flexibility index (Phi) is 10.7. The standard InChI is InChI=1S/C23H25N3O9S4/c1-16-20(17-6-4-3-5-7-17)21(24-35-16)18-8-10-19(11-9-18)39(31,32)26-23(28)34-13-15-37-36-14-12-33-22(27)25-38(2,29)30/h3-11H,12-15H2,1-2H3,(H,25,27)(H,26,28). The van der Waals surface area contributed by atoms with Crippen molar-refractivity contribution in [1.29, 1.82) is 0 Å². The molecule has 0 aliphatic carbocycles. The lowest BCUT2D eigenvalue weighted by Gasteiger charge is -2.09. The molecule has 210 valence electrons. The lowest BCUT2D eigenvalue weighted by Crippen LogP contribution is -2.31. The molecule has 2 amide bonds. The number of hydrogen-bond donors (Lipinski definition) is 2. The Morgan fingerprint density at radius 1 is 0.846 bits per heavy atom. The number of ether oxygens (including phenoxy) is 2. The van der Waals surface area contributed by atoms with Crippen molar-refractivity contribution in [2.24, 2.45) is 0 Å². The van der Waals surface area contributed by atoms with Crippen molar-refractivity contribution >= 4 is 53.8 Å². The minimum Gasteiger partial charge on any atom is -0.448 e. The highest BCUT2D eigenvalue weighted by atomic mass is 33.1. The highest BCUT2D eigenvalue weighted by Crippen LogP contribution is 2.34. The van der Waals surface area contributed by atoms with Crippen LogP contribution in [0.15, 0.2) is 64.0 Å². The number of amides is 2. The second-order valence-corrected chi connectivity index (χ2v) is 13.9. The third-order valence-corrected chi connectivity index (χ3v) is 8.93. The van der Waals surface area contributed by atoms with Gasteiger partial charge in [0.05, 0.1) is 16.7 Å². The van der Waals surface area contributed by atoms with Gasteiger partial charge in [0, 0.05) is 17.1 Å². The van der Waals surface area contributed by atoms with E-state index in [1.807, 2.05) is 35.1 Å². The van der Waals surface area contributed by atoms with Crippen molar-refractivity contribution < 1.29 is 40.4 Å². The Hall–Kier alpha value is -3.21. The van der Waals surface area contributed by atoms with Crippen LogP contribution >= 0.6 is 21.6 Å². The van der Waals surface area contributed by atoms with E-state index in [-0.39, 0.29) is 18.1 Å². The topological polar surface area (TPSA) is 171 Å². The third-order valence-electron chi connectivity index (χ3n) is 4.73. The average molecular weight is 616 g/mol. The summed E-state index contributed by atoms with van der Waals surface area (Å²) in [6, 6.07) is 15.4.